The molecule has 0 radical (unpaired) electrons. The second-order valence-electron chi connectivity index (χ2n) is 4.05. The van der Waals surface area contributed by atoms with Gasteiger partial charge < -0.3 is 4.90 Å². The van der Waals surface area contributed by atoms with Crippen molar-refractivity contribution < 1.29 is 4.39 Å². The summed E-state index contributed by atoms with van der Waals surface area (Å²) in [4.78, 5) is 2.28. The quantitative estimate of drug-likeness (QED) is 0.703. The van der Waals surface area contributed by atoms with Crippen LogP contribution in [0, 0.1) is 5.82 Å². The van der Waals surface area contributed by atoms with Gasteiger partial charge in [-0.25, -0.2) is 4.39 Å². The largest absolute Gasteiger partial charge is 0.303 e. The molecule has 2 rings (SSSR count). The minimum absolute atomic E-state index is 0.211. The Hall–Kier alpha value is -1.42. The molecular formula is C12H16FN3. The smallest absolute Gasteiger partial charge is 0.123 e. The van der Waals surface area contributed by atoms with Crippen LogP contribution in [0.15, 0.2) is 29.4 Å². The Morgan fingerprint density at radius 3 is 2.38 bits per heavy atom. The van der Waals surface area contributed by atoms with Gasteiger partial charge in [0.05, 0.1) is 6.21 Å². The molecule has 1 aromatic rings. The predicted molar refractivity (Wildman–Crippen MR) is 63.1 cm³/mol. The van der Waals surface area contributed by atoms with Crippen LogP contribution < -0.4 is 0 Å². The monoisotopic (exact) mass is 221 g/mol. The summed E-state index contributed by atoms with van der Waals surface area (Å²) in [5, 5.41) is 6.42. The summed E-state index contributed by atoms with van der Waals surface area (Å²) in [5.41, 5.74) is 0.931. The molecule has 0 amide bonds. The number of piperazine rings is 1. The lowest BCUT2D eigenvalue weighted by atomic mass is 10.2. The molecule has 0 saturated carbocycles. The van der Waals surface area contributed by atoms with Gasteiger partial charge in [-0.1, -0.05) is 12.1 Å². The van der Waals surface area contributed by atoms with E-state index < -0.39 is 0 Å². The minimum Gasteiger partial charge on any atom is -0.303 e. The fraction of sp³-hybridized carbons (Fsp3) is 0.417. The fourth-order valence-electron chi connectivity index (χ4n) is 1.61. The number of hydrogen-bond donors (Lipinski definition) is 0. The molecule has 3 nitrogen and oxygen atoms in total. The first-order valence-corrected chi connectivity index (χ1v) is 5.47. The molecule has 0 atom stereocenters. The normalized spacial score (nSPS) is 18.2. The molecule has 1 aliphatic heterocycles. The maximum atomic E-state index is 12.7. The Morgan fingerprint density at radius 2 is 1.75 bits per heavy atom. The van der Waals surface area contributed by atoms with Crippen LogP contribution >= 0.6 is 0 Å². The van der Waals surface area contributed by atoms with Gasteiger partial charge in [0.2, 0.25) is 0 Å². The van der Waals surface area contributed by atoms with Gasteiger partial charge in [-0.3, -0.25) is 5.01 Å². The van der Waals surface area contributed by atoms with E-state index in [9.17, 15) is 4.39 Å². The number of nitrogens with zero attached hydrogens (tertiary/aromatic N) is 3. The molecule has 1 saturated heterocycles. The second kappa shape index (κ2) is 5.07. The maximum Gasteiger partial charge on any atom is 0.123 e. The summed E-state index contributed by atoms with van der Waals surface area (Å²) >= 11 is 0. The first-order chi connectivity index (χ1) is 7.74. The molecule has 0 unspecified atom stereocenters. The van der Waals surface area contributed by atoms with Gasteiger partial charge in [0.25, 0.3) is 0 Å². The molecule has 1 aromatic carbocycles. The lowest BCUT2D eigenvalue weighted by Gasteiger charge is -2.30. The van der Waals surface area contributed by atoms with Gasteiger partial charge in [-0.2, -0.15) is 5.10 Å². The topological polar surface area (TPSA) is 18.8 Å². The highest BCUT2D eigenvalue weighted by molar-refractivity contribution is 5.79. The second-order valence-corrected chi connectivity index (χ2v) is 4.05. The zero-order valence-corrected chi connectivity index (χ0v) is 9.43. The number of hydrazone groups is 1. The number of likely N-dealkylation sites (N-methyl/N-ethyl adjacent to an activating group) is 1. The molecule has 0 aliphatic carbocycles. The average molecular weight is 221 g/mol. The van der Waals surface area contributed by atoms with Crippen LogP contribution in [-0.4, -0.2) is 49.4 Å². The van der Waals surface area contributed by atoms with Gasteiger partial charge >= 0.3 is 0 Å². The zero-order valence-electron chi connectivity index (χ0n) is 9.43. The molecule has 16 heavy (non-hydrogen) atoms. The summed E-state index contributed by atoms with van der Waals surface area (Å²) in [6.07, 6.45) is 1.78. The summed E-state index contributed by atoms with van der Waals surface area (Å²) in [6.45, 7) is 3.99. The van der Waals surface area contributed by atoms with Gasteiger partial charge in [0, 0.05) is 26.2 Å². The molecule has 0 N–H and O–H groups in total. The molecule has 1 aliphatic rings. The third kappa shape index (κ3) is 3.03. The van der Waals surface area contributed by atoms with E-state index in [-0.39, 0.29) is 5.82 Å². The molecule has 86 valence electrons. The Kier molecular flexibility index (Phi) is 3.51. The summed E-state index contributed by atoms with van der Waals surface area (Å²) in [7, 11) is 2.11. The van der Waals surface area contributed by atoms with Gasteiger partial charge in [-0.05, 0) is 24.7 Å². The number of rotatable bonds is 2. The fourth-order valence-corrected chi connectivity index (χ4v) is 1.61. The molecule has 4 heteroatoms. The Morgan fingerprint density at radius 1 is 1.12 bits per heavy atom. The van der Waals surface area contributed by atoms with Crippen LogP contribution in [0.25, 0.3) is 0 Å². The highest BCUT2D eigenvalue weighted by Gasteiger charge is 2.10. The van der Waals surface area contributed by atoms with Gasteiger partial charge in [0.15, 0.2) is 0 Å². The van der Waals surface area contributed by atoms with Crippen molar-refractivity contribution in [1.29, 1.82) is 0 Å². The number of halogens is 1. The number of benzene rings is 1. The van der Waals surface area contributed by atoms with E-state index in [2.05, 4.69) is 17.0 Å². The highest BCUT2D eigenvalue weighted by atomic mass is 19.1. The molecular weight excluding hydrogens is 205 g/mol. The molecule has 0 bridgehead atoms. The van der Waals surface area contributed by atoms with Crippen molar-refractivity contribution in [2.24, 2.45) is 5.10 Å². The van der Waals surface area contributed by atoms with Gasteiger partial charge in [0.1, 0.15) is 5.82 Å². The van der Waals surface area contributed by atoms with E-state index in [0.29, 0.717) is 0 Å². The van der Waals surface area contributed by atoms with E-state index in [0.717, 1.165) is 31.7 Å². The maximum absolute atomic E-state index is 12.7. The van der Waals surface area contributed by atoms with Crippen LogP contribution in [-0.2, 0) is 0 Å². The van der Waals surface area contributed by atoms with Gasteiger partial charge in [-0.15, -0.1) is 0 Å². The van der Waals surface area contributed by atoms with Crippen molar-refractivity contribution in [3.63, 3.8) is 0 Å². The Bertz CT molecular complexity index is 353. The molecule has 0 spiro atoms. The summed E-state index contributed by atoms with van der Waals surface area (Å²) in [6, 6.07) is 6.36. The summed E-state index contributed by atoms with van der Waals surface area (Å²) in [5.74, 6) is -0.211. The van der Waals surface area contributed by atoms with Crippen LogP contribution in [0.5, 0.6) is 0 Å². The van der Waals surface area contributed by atoms with E-state index in [1.54, 1.807) is 18.3 Å². The van der Waals surface area contributed by atoms with Crippen LogP contribution in [0.4, 0.5) is 4.39 Å². The van der Waals surface area contributed by atoms with E-state index in [4.69, 9.17) is 0 Å². The third-order valence-electron chi connectivity index (χ3n) is 2.72. The lowest BCUT2D eigenvalue weighted by Crippen LogP contribution is -2.41. The van der Waals surface area contributed by atoms with Crippen molar-refractivity contribution in [3.8, 4) is 0 Å². The third-order valence-corrected chi connectivity index (χ3v) is 2.72. The molecule has 1 heterocycles. The number of hydrogen-bond acceptors (Lipinski definition) is 3. The average Bonchev–Trinajstić information content (AvgIpc) is 2.30. The SMILES string of the molecule is CN1CCN(/N=C/c2ccc(F)cc2)CC1. The van der Waals surface area contributed by atoms with Crippen molar-refractivity contribution >= 4 is 6.21 Å². The van der Waals surface area contributed by atoms with Crippen molar-refractivity contribution in [3.05, 3.63) is 35.6 Å². The lowest BCUT2D eigenvalue weighted by molar-refractivity contribution is 0.159. The highest BCUT2D eigenvalue weighted by Crippen LogP contribution is 2.02. The first kappa shape index (κ1) is 11.1. The Balaban J connectivity index is 1.91. The Labute approximate surface area is 95.2 Å². The minimum atomic E-state index is -0.211. The predicted octanol–water partition coefficient (Wildman–Crippen LogP) is 1.41. The van der Waals surface area contributed by atoms with Crippen molar-refractivity contribution in [2.45, 2.75) is 0 Å². The van der Waals surface area contributed by atoms with Crippen LogP contribution in [0.2, 0.25) is 0 Å². The molecule has 1 fully saturated rings. The van der Waals surface area contributed by atoms with Crippen molar-refractivity contribution in [2.75, 3.05) is 33.2 Å². The summed E-state index contributed by atoms with van der Waals surface area (Å²) < 4.78 is 12.7. The van der Waals surface area contributed by atoms with E-state index in [1.165, 1.54) is 12.1 Å². The van der Waals surface area contributed by atoms with Crippen molar-refractivity contribution in [1.82, 2.24) is 9.91 Å². The standard InChI is InChI=1S/C12H16FN3/c1-15-6-8-16(9-7-15)14-10-11-2-4-12(13)5-3-11/h2-5,10H,6-9H2,1H3/b14-10+. The molecule has 0 aromatic heterocycles. The van der Waals surface area contributed by atoms with E-state index >= 15 is 0 Å². The van der Waals surface area contributed by atoms with Crippen LogP contribution in [0.3, 0.4) is 0 Å². The zero-order chi connectivity index (χ0) is 11.4. The van der Waals surface area contributed by atoms with Crippen LogP contribution in [0.1, 0.15) is 5.56 Å². The van der Waals surface area contributed by atoms with E-state index in [1.807, 2.05) is 5.01 Å². The first-order valence-electron chi connectivity index (χ1n) is 5.47.